The summed E-state index contributed by atoms with van der Waals surface area (Å²) < 4.78 is 7.84. The largest absolute Gasteiger partial charge is 0.487 e. The first kappa shape index (κ1) is 24.5. The van der Waals surface area contributed by atoms with E-state index < -0.39 is 5.91 Å². The average Bonchev–Trinajstić information content (AvgIpc) is 2.79. The number of carbonyl (C=O) groups is 1. The van der Waals surface area contributed by atoms with Gasteiger partial charge in [0.15, 0.2) is 0 Å². The number of allylic oxidation sites excluding steroid dienone is 1. The monoisotopic (exact) mass is 564 g/mol. The summed E-state index contributed by atoms with van der Waals surface area (Å²) in [7, 11) is 0. The molecular weight excluding hydrogens is 544 g/mol. The number of amides is 1. The summed E-state index contributed by atoms with van der Waals surface area (Å²) in [4.78, 5) is 12.6. The van der Waals surface area contributed by atoms with Gasteiger partial charge in [0.25, 0.3) is 5.91 Å². The van der Waals surface area contributed by atoms with Gasteiger partial charge in [0.1, 0.15) is 24.0 Å². The van der Waals surface area contributed by atoms with Crippen LogP contribution in [0.4, 0.5) is 5.69 Å². The van der Waals surface area contributed by atoms with E-state index in [0.29, 0.717) is 30.0 Å². The standard InChI is InChI=1S/C27H22Br2N2O2/c1-3-4-21-13-20(14-22(16-30)27(32)31-24-11-5-18(2)6-12-24)15-25(29)26(21)33-17-19-7-9-23(28)10-8-19/h3,5-15H,1,4,17H2,2H3,(H,31,32)/b22-14-. The highest BCUT2D eigenvalue weighted by Gasteiger charge is 2.13. The lowest BCUT2D eigenvalue weighted by molar-refractivity contribution is -0.112. The number of ether oxygens (including phenoxy) is 1. The Morgan fingerprint density at radius 3 is 2.45 bits per heavy atom. The van der Waals surface area contributed by atoms with E-state index in [2.05, 4.69) is 43.8 Å². The van der Waals surface area contributed by atoms with Gasteiger partial charge in [-0.3, -0.25) is 4.79 Å². The molecule has 0 bridgehead atoms. The Labute approximate surface area is 210 Å². The molecule has 4 nitrogen and oxygen atoms in total. The Balaban J connectivity index is 1.84. The molecule has 3 aromatic rings. The highest BCUT2D eigenvalue weighted by molar-refractivity contribution is 9.10. The van der Waals surface area contributed by atoms with E-state index in [-0.39, 0.29) is 5.57 Å². The van der Waals surface area contributed by atoms with Crippen LogP contribution in [0, 0.1) is 18.3 Å². The molecule has 1 amide bonds. The molecular formula is C27H22Br2N2O2. The van der Waals surface area contributed by atoms with E-state index in [9.17, 15) is 10.1 Å². The van der Waals surface area contributed by atoms with Crippen molar-refractivity contribution in [2.24, 2.45) is 0 Å². The van der Waals surface area contributed by atoms with Gasteiger partial charge in [-0.15, -0.1) is 6.58 Å². The van der Waals surface area contributed by atoms with Crippen LogP contribution in [0.15, 0.2) is 87.8 Å². The lowest BCUT2D eigenvalue weighted by Gasteiger charge is -2.14. The van der Waals surface area contributed by atoms with E-state index in [1.54, 1.807) is 24.3 Å². The number of nitrogens with zero attached hydrogens (tertiary/aromatic N) is 1. The average molecular weight is 566 g/mol. The Bertz CT molecular complexity index is 1220. The van der Waals surface area contributed by atoms with Crippen LogP contribution < -0.4 is 10.1 Å². The quantitative estimate of drug-likeness (QED) is 0.176. The van der Waals surface area contributed by atoms with Gasteiger partial charge >= 0.3 is 0 Å². The van der Waals surface area contributed by atoms with Crippen LogP contribution in [0.1, 0.15) is 22.3 Å². The number of carbonyl (C=O) groups excluding carboxylic acids is 1. The van der Waals surface area contributed by atoms with Crippen LogP contribution in [0.5, 0.6) is 5.75 Å². The lowest BCUT2D eigenvalue weighted by Crippen LogP contribution is -2.13. The summed E-state index contributed by atoms with van der Waals surface area (Å²) in [5.41, 5.74) is 4.39. The number of benzene rings is 3. The number of nitrogens with one attached hydrogen (secondary N) is 1. The fourth-order valence-corrected chi connectivity index (χ4v) is 4.01. The molecule has 0 saturated heterocycles. The smallest absolute Gasteiger partial charge is 0.266 e. The minimum absolute atomic E-state index is 0.00978. The van der Waals surface area contributed by atoms with Crippen molar-refractivity contribution in [3.8, 4) is 11.8 Å². The summed E-state index contributed by atoms with van der Waals surface area (Å²) in [6.45, 7) is 6.21. The number of anilines is 1. The first-order valence-electron chi connectivity index (χ1n) is 10.2. The zero-order valence-electron chi connectivity index (χ0n) is 18.1. The van der Waals surface area contributed by atoms with Crippen molar-refractivity contribution < 1.29 is 9.53 Å². The van der Waals surface area contributed by atoms with Gasteiger partial charge in [0.2, 0.25) is 0 Å². The molecule has 0 aromatic heterocycles. The summed E-state index contributed by atoms with van der Waals surface area (Å²) in [5.74, 6) is 0.246. The maximum Gasteiger partial charge on any atom is 0.266 e. The van der Waals surface area contributed by atoms with Crippen molar-refractivity contribution >= 4 is 49.5 Å². The van der Waals surface area contributed by atoms with Gasteiger partial charge in [-0.1, -0.05) is 51.8 Å². The molecule has 6 heteroatoms. The van der Waals surface area contributed by atoms with E-state index in [1.165, 1.54) is 0 Å². The minimum Gasteiger partial charge on any atom is -0.487 e. The summed E-state index contributed by atoms with van der Waals surface area (Å²) >= 11 is 7.02. The maximum atomic E-state index is 12.6. The van der Waals surface area contributed by atoms with Gasteiger partial charge in [-0.2, -0.15) is 5.26 Å². The highest BCUT2D eigenvalue weighted by Crippen LogP contribution is 2.33. The van der Waals surface area contributed by atoms with Gasteiger partial charge in [0.05, 0.1) is 4.47 Å². The predicted molar refractivity (Wildman–Crippen MR) is 140 cm³/mol. The Kier molecular flexibility index (Phi) is 8.65. The number of rotatable bonds is 8. The Morgan fingerprint density at radius 2 is 1.82 bits per heavy atom. The molecule has 0 unspecified atom stereocenters. The number of hydrogen-bond donors (Lipinski definition) is 1. The summed E-state index contributed by atoms with van der Waals surface area (Å²) in [6, 6.07) is 21.1. The molecule has 3 rings (SSSR count). The Hall–Kier alpha value is -3.14. The second kappa shape index (κ2) is 11.6. The first-order valence-corrected chi connectivity index (χ1v) is 11.8. The first-order chi connectivity index (χ1) is 15.9. The third-order valence-electron chi connectivity index (χ3n) is 4.79. The van der Waals surface area contributed by atoms with Gasteiger partial charge < -0.3 is 10.1 Å². The molecule has 3 aromatic carbocycles. The van der Waals surface area contributed by atoms with Crippen LogP contribution >= 0.6 is 31.9 Å². The molecule has 0 aliphatic carbocycles. The van der Waals surface area contributed by atoms with Crippen LogP contribution in [-0.4, -0.2) is 5.91 Å². The molecule has 0 heterocycles. The molecule has 1 N–H and O–H groups in total. The maximum absolute atomic E-state index is 12.6. The third kappa shape index (κ3) is 6.92. The second-order valence-electron chi connectivity index (χ2n) is 7.39. The SMILES string of the molecule is C=CCc1cc(/C=C(/C#N)C(=O)Nc2ccc(C)cc2)cc(Br)c1OCc1ccc(Br)cc1. The number of hydrogen-bond acceptors (Lipinski definition) is 3. The van der Waals surface area contributed by atoms with E-state index >= 15 is 0 Å². The van der Waals surface area contributed by atoms with Gasteiger partial charge in [-0.25, -0.2) is 0 Å². The van der Waals surface area contributed by atoms with Crippen molar-refractivity contribution in [2.75, 3.05) is 5.32 Å². The topological polar surface area (TPSA) is 62.1 Å². The zero-order chi connectivity index (χ0) is 23.8. The van der Waals surface area contributed by atoms with Gasteiger partial charge in [-0.05, 0) is 88.4 Å². The number of halogens is 2. The third-order valence-corrected chi connectivity index (χ3v) is 5.91. The summed E-state index contributed by atoms with van der Waals surface area (Å²) in [5, 5.41) is 12.3. The van der Waals surface area contributed by atoms with Crippen molar-refractivity contribution in [3.05, 3.63) is 110 Å². The fraction of sp³-hybridized carbons (Fsp3) is 0.111. The molecule has 0 saturated carbocycles. The highest BCUT2D eigenvalue weighted by atomic mass is 79.9. The number of nitriles is 1. The Morgan fingerprint density at radius 1 is 1.12 bits per heavy atom. The van der Waals surface area contributed by atoms with Crippen LogP contribution in [0.2, 0.25) is 0 Å². The predicted octanol–water partition coefficient (Wildman–Crippen LogP) is 7.37. The fourth-order valence-electron chi connectivity index (χ4n) is 3.11. The zero-order valence-corrected chi connectivity index (χ0v) is 21.2. The second-order valence-corrected chi connectivity index (χ2v) is 9.16. The molecule has 0 fully saturated rings. The molecule has 166 valence electrons. The molecule has 0 spiro atoms. The van der Waals surface area contributed by atoms with E-state index in [1.807, 2.05) is 61.5 Å². The molecule has 0 aliphatic rings. The van der Waals surface area contributed by atoms with Crippen LogP contribution in [0.3, 0.4) is 0 Å². The van der Waals surface area contributed by atoms with Crippen molar-refractivity contribution in [1.82, 2.24) is 0 Å². The molecule has 0 radical (unpaired) electrons. The normalized spacial score (nSPS) is 10.9. The van der Waals surface area contributed by atoms with Crippen molar-refractivity contribution in [2.45, 2.75) is 20.0 Å². The minimum atomic E-state index is -0.460. The molecule has 0 atom stereocenters. The summed E-state index contributed by atoms with van der Waals surface area (Å²) in [6.07, 6.45) is 3.93. The van der Waals surface area contributed by atoms with Gasteiger partial charge in [0, 0.05) is 10.2 Å². The van der Waals surface area contributed by atoms with Crippen LogP contribution in [0.25, 0.3) is 6.08 Å². The molecule has 33 heavy (non-hydrogen) atoms. The number of aryl methyl sites for hydroxylation is 1. The molecule has 0 aliphatic heterocycles. The van der Waals surface area contributed by atoms with Crippen LogP contribution in [-0.2, 0) is 17.8 Å². The van der Waals surface area contributed by atoms with E-state index in [0.717, 1.165) is 25.6 Å². The lowest BCUT2D eigenvalue weighted by atomic mass is 10.0. The van der Waals surface area contributed by atoms with E-state index in [4.69, 9.17) is 4.74 Å². The van der Waals surface area contributed by atoms with Crippen molar-refractivity contribution in [1.29, 1.82) is 5.26 Å². The van der Waals surface area contributed by atoms with Crippen molar-refractivity contribution in [3.63, 3.8) is 0 Å².